The number of rotatable bonds is 6. The Bertz CT molecular complexity index is 1240. The topological polar surface area (TPSA) is 74.3 Å². The molecule has 0 atom stereocenters. The molecule has 0 amide bonds. The summed E-state index contributed by atoms with van der Waals surface area (Å²) in [6.45, 7) is 3.71. The van der Waals surface area contributed by atoms with E-state index in [9.17, 15) is 18.0 Å². The Balaban J connectivity index is 1.57. The highest BCUT2D eigenvalue weighted by atomic mass is 19.4. The van der Waals surface area contributed by atoms with Crippen LogP contribution in [0.25, 0.3) is 5.69 Å². The van der Waals surface area contributed by atoms with Crippen LogP contribution in [0.1, 0.15) is 42.0 Å². The fraction of sp³-hybridized carbons (Fsp3) is 0.364. The number of aryl methyl sites for hydroxylation is 2. The molecule has 0 spiro atoms. The van der Waals surface area contributed by atoms with Gasteiger partial charge in [0.1, 0.15) is 6.61 Å². The lowest BCUT2D eigenvalue weighted by molar-refractivity contribution is -0.137. The van der Waals surface area contributed by atoms with Crippen LogP contribution in [0.3, 0.4) is 0 Å². The highest BCUT2D eigenvalue weighted by molar-refractivity contribution is 5.95. The molecule has 168 valence electrons. The van der Waals surface area contributed by atoms with E-state index in [2.05, 4.69) is 15.6 Å². The second kappa shape index (κ2) is 7.92. The normalized spacial score (nSPS) is 15.6. The van der Waals surface area contributed by atoms with Crippen molar-refractivity contribution in [2.75, 3.05) is 0 Å². The molecule has 10 heteroatoms. The molecule has 0 unspecified atom stereocenters. The van der Waals surface area contributed by atoms with Crippen molar-refractivity contribution in [1.82, 2.24) is 19.8 Å². The van der Waals surface area contributed by atoms with Crippen molar-refractivity contribution >= 4 is 5.71 Å². The highest BCUT2D eigenvalue weighted by Crippen LogP contribution is 2.50. The molecule has 0 bridgehead atoms. The molecule has 0 saturated heterocycles. The van der Waals surface area contributed by atoms with Crippen LogP contribution in [0.5, 0.6) is 0 Å². The van der Waals surface area contributed by atoms with Crippen LogP contribution >= 0.6 is 0 Å². The van der Waals surface area contributed by atoms with E-state index in [1.165, 1.54) is 23.9 Å². The van der Waals surface area contributed by atoms with Crippen LogP contribution in [0.2, 0.25) is 0 Å². The maximum atomic E-state index is 13.1. The zero-order valence-electron chi connectivity index (χ0n) is 17.8. The van der Waals surface area contributed by atoms with Crippen LogP contribution in [-0.4, -0.2) is 25.5 Å². The van der Waals surface area contributed by atoms with Gasteiger partial charge in [-0.1, -0.05) is 35.5 Å². The quantitative estimate of drug-likeness (QED) is 0.426. The minimum absolute atomic E-state index is 0.0705. The van der Waals surface area contributed by atoms with Gasteiger partial charge in [-0.25, -0.2) is 4.79 Å². The van der Waals surface area contributed by atoms with Crippen LogP contribution in [0.15, 0.2) is 52.4 Å². The summed E-state index contributed by atoms with van der Waals surface area (Å²) in [5.41, 5.74) is 1.73. The van der Waals surface area contributed by atoms with Crippen molar-refractivity contribution in [3.8, 4) is 5.69 Å². The molecule has 0 aliphatic heterocycles. The number of oxime groups is 1. The lowest BCUT2D eigenvalue weighted by Gasteiger charge is -2.17. The molecule has 7 nitrogen and oxygen atoms in total. The van der Waals surface area contributed by atoms with Crippen LogP contribution < -0.4 is 5.69 Å². The summed E-state index contributed by atoms with van der Waals surface area (Å²) < 4.78 is 41.7. The number of alkyl halides is 3. The first-order chi connectivity index (χ1) is 15.1. The molecule has 1 saturated carbocycles. The first kappa shape index (κ1) is 21.8. The second-order valence-corrected chi connectivity index (χ2v) is 7.98. The average Bonchev–Trinajstić information content (AvgIpc) is 3.50. The molecule has 1 heterocycles. The Morgan fingerprint density at radius 1 is 1.19 bits per heavy atom. The summed E-state index contributed by atoms with van der Waals surface area (Å²) in [6.07, 6.45) is -2.98. The third-order valence-electron chi connectivity index (χ3n) is 5.93. The maximum absolute atomic E-state index is 13.1. The van der Waals surface area contributed by atoms with Crippen LogP contribution in [0, 0.1) is 6.92 Å². The van der Waals surface area contributed by atoms with E-state index in [0.29, 0.717) is 29.8 Å². The number of benzene rings is 2. The summed E-state index contributed by atoms with van der Waals surface area (Å²) in [4.78, 5) is 17.9. The van der Waals surface area contributed by atoms with Gasteiger partial charge >= 0.3 is 11.9 Å². The van der Waals surface area contributed by atoms with Crippen LogP contribution in [-0.2, 0) is 30.1 Å². The Hall–Kier alpha value is -3.43. The fourth-order valence-corrected chi connectivity index (χ4v) is 3.80. The van der Waals surface area contributed by atoms with Gasteiger partial charge in [0.25, 0.3) is 0 Å². The third-order valence-corrected chi connectivity index (χ3v) is 5.93. The van der Waals surface area contributed by atoms with Gasteiger partial charge in [-0.15, -0.1) is 0 Å². The van der Waals surface area contributed by atoms with E-state index < -0.39 is 22.8 Å². The largest absolute Gasteiger partial charge is 0.416 e. The number of nitrogens with zero attached hydrogens (tertiary/aromatic N) is 5. The average molecular weight is 445 g/mol. The van der Waals surface area contributed by atoms with E-state index >= 15 is 0 Å². The molecule has 0 radical (unpaired) electrons. The van der Waals surface area contributed by atoms with Crippen molar-refractivity contribution in [2.24, 2.45) is 12.2 Å². The predicted molar refractivity (Wildman–Crippen MR) is 112 cm³/mol. The van der Waals surface area contributed by atoms with E-state index in [4.69, 9.17) is 4.84 Å². The summed E-state index contributed by atoms with van der Waals surface area (Å²) in [5, 5.41) is 11.9. The molecule has 32 heavy (non-hydrogen) atoms. The third kappa shape index (κ3) is 3.92. The lowest BCUT2D eigenvalue weighted by Crippen LogP contribution is -2.23. The summed E-state index contributed by atoms with van der Waals surface area (Å²) in [7, 11) is 1.51. The van der Waals surface area contributed by atoms with Crippen molar-refractivity contribution in [2.45, 2.75) is 44.9 Å². The molecular formula is C22H22F3N5O2. The number of hydrogen-bond donors (Lipinski definition) is 0. The van der Waals surface area contributed by atoms with Crippen molar-refractivity contribution in [3.05, 3.63) is 75.2 Å². The molecule has 1 aliphatic rings. The monoisotopic (exact) mass is 445 g/mol. The summed E-state index contributed by atoms with van der Waals surface area (Å²) in [5.74, 6) is 0. The van der Waals surface area contributed by atoms with Gasteiger partial charge < -0.3 is 4.84 Å². The number of aromatic nitrogens is 4. The molecule has 1 fully saturated rings. The molecule has 1 aliphatic carbocycles. The first-order valence-corrected chi connectivity index (χ1v) is 10.1. The highest BCUT2D eigenvalue weighted by Gasteiger charge is 2.48. The Morgan fingerprint density at radius 2 is 1.91 bits per heavy atom. The fourth-order valence-electron chi connectivity index (χ4n) is 3.80. The Kier molecular flexibility index (Phi) is 5.39. The number of tetrazole rings is 1. The van der Waals surface area contributed by atoms with Gasteiger partial charge in [0, 0.05) is 18.0 Å². The predicted octanol–water partition coefficient (Wildman–Crippen LogP) is 3.92. The molecule has 4 rings (SSSR count). The SMILES string of the molecule is C/C(=N/OCc1c(C)cccc1-n1nnn(C)c1=O)C1(c2cccc(C(F)(F)F)c2)CC1. The van der Waals surface area contributed by atoms with Crippen molar-refractivity contribution in [3.63, 3.8) is 0 Å². The zero-order valence-corrected chi connectivity index (χ0v) is 17.8. The van der Waals surface area contributed by atoms with Gasteiger partial charge in [0.05, 0.1) is 17.0 Å². The van der Waals surface area contributed by atoms with E-state index in [1.54, 1.807) is 25.1 Å². The van der Waals surface area contributed by atoms with Crippen molar-refractivity contribution < 1.29 is 18.0 Å². The standard InChI is InChI=1S/C22H22F3N5O2/c1-14-6-4-9-19(30-20(31)29(3)27-28-30)18(14)13-32-26-15(2)21(10-11-21)16-7-5-8-17(12-16)22(23,24)25/h4-9,12H,10-11,13H2,1-3H3/b26-15-. The number of hydrogen-bond acceptors (Lipinski definition) is 5. The molecule has 1 aromatic heterocycles. The van der Waals surface area contributed by atoms with Gasteiger partial charge in [-0.05, 0) is 60.4 Å². The summed E-state index contributed by atoms with van der Waals surface area (Å²) >= 11 is 0. The summed E-state index contributed by atoms with van der Waals surface area (Å²) in [6, 6.07) is 10.8. The van der Waals surface area contributed by atoms with Gasteiger partial charge in [0.2, 0.25) is 0 Å². The smallest absolute Gasteiger partial charge is 0.391 e. The molecule has 2 aromatic carbocycles. The Labute approximate surface area is 182 Å². The van der Waals surface area contributed by atoms with Gasteiger partial charge in [-0.3, -0.25) is 0 Å². The van der Waals surface area contributed by atoms with E-state index in [0.717, 1.165) is 21.9 Å². The minimum atomic E-state index is -4.40. The van der Waals surface area contributed by atoms with E-state index in [1.807, 2.05) is 13.0 Å². The molecular weight excluding hydrogens is 423 g/mol. The molecule has 3 aromatic rings. The maximum Gasteiger partial charge on any atom is 0.416 e. The molecule has 0 N–H and O–H groups in total. The van der Waals surface area contributed by atoms with Crippen molar-refractivity contribution in [1.29, 1.82) is 0 Å². The minimum Gasteiger partial charge on any atom is -0.391 e. The van der Waals surface area contributed by atoms with Gasteiger partial charge in [-0.2, -0.15) is 22.5 Å². The number of halogens is 3. The lowest BCUT2D eigenvalue weighted by atomic mass is 9.90. The van der Waals surface area contributed by atoms with Crippen LogP contribution in [0.4, 0.5) is 13.2 Å². The van der Waals surface area contributed by atoms with E-state index in [-0.39, 0.29) is 6.61 Å². The first-order valence-electron chi connectivity index (χ1n) is 10.1. The Morgan fingerprint density at radius 3 is 2.53 bits per heavy atom. The second-order valence-electron chi connectivity index (χ2n) is 7.98. The van der Waals surface area contributed by atoms with Gasteiger partial charge in [0.15, 0.2) is 0 Å². The zero-order chi connectivity index (χ0) is 23.1.